The number of rotatable bonds is 5. The van der Waals surface area contributed by atoms with Gasteiger partial charge in [-0.3, -0.25) is 14.7 Å². The fourth-order valence-corrected chi connectivity index (χ4v) is 3.82. The first kappa shape index (κ1) is 21.6. The molecule has 1 saturated heterocycles. The van der Waals surface area contributed by atoms with Gasteiger partial charge in [0.15, 0.2) is 5.78 Å². The number of ether oxygens (including phenoxy) is 2. The number of hydrogen-bond acceptors (Lipinski definition) is 5. The van der Waals surface area contributed by atoms with E-state index in [2.05, 4.69) is 4.98 Å². The molecule has 0 radical (unpaired) electrons. The fraction of sp³-hybridized carbons (Fsp3) is 0.375. The number of carbonyl (C=O) groups excluding carboxylic acids is 2. The molecule has 30 heavy (non-hydrogen) atoms. The van der Waals surface area contributed by atoms with Crippen molar-refractivity contribution in [2.75, 3.05) is 20.3 Å². The molecule has 1 fully saturated rings. The van der Waals surface area contributed by atoms with Crippen molar-refractivity contribution in [3.05, 3.63) is 65.5 Å². The van der Waals surface area contributed by atoms with Gasteiger partial charge in [-0.15, -0.1) is 0 Å². The van der Waals surface area contributed by atoms with E-state index in [1.807, 2.05) is 56.3 Å². The molecule has 0 aliphatic carbocycles. The van der Waals surface area contributed by atoms with Gasteiger partial charge < -0.3 is 9.47 Å². The molecule has 0 spiro atoms. The summed E-state index contributed by atoms with van der Waals surface area (Å²) in [4.78, 5) is 32.2. The number of likely N-dealkylation sites (tertiary alicyclic amines) is 1. The van der Waals surface area contributed by atoms with Gasteiger partial charge in [0, 0.05) is 17.2 Å². The molecule has 1 aromatic carbocycles. The molecule has 2 heterocycles. The minimum absolute atomic E-state index is 0.0206. The Balaban J connectivity index is 1.96. The van der Waals surface area contributed by atoms with Gasteiger partial charge in [0.05, 0.1) is 32.0 Å². The minimum atomic E-state index is -0.786. The predicted molar refractivity (Wildman–Crippen MR) is 115 cm³/mol. The smallest absolute Gasteiger partial charge is 0.410 e. The van der Waals surface area contributed by atoms with Gasteiger partial charge in [-0.05, 0) is 49.2 Å². The van der Waals surface area contributed by atoms with Gasteiger partial charge in [0.25, 0.3) is 0 Å². The molecule has 1 amide bonds. The third kappa shape index (κ3) is 4.53. The van der Waals surface area contributed by atoms with E-state index in [-0.39, 0.29) is 25.0 Å². The summed E-state index contributed by atoms with van der Waals surface area (Å²) in [7, 11) is 1.62. The van der Waals surface area contributed by atoms with Crippen molar-refractivity contribution in [3.63, 3.8) is 0 Å². The van der Waals surface area contributed by atoms with Crippen LogP contribution in [0.2, 0.25) is 0 Å². The number of piperidine rings is 1. The summed E-state index contributed by atoms with van der Waals surface area (Å²) in [5.41, 5.74) is 1.48. The number of hydrogen-bond donors (Lipinski definition) is 0. The zero-order chi connectivity index (χ0) is 21.7. The maximum absolute atomic E-state index is 13.4. The number of ketones is 1. The molecule has 1 atom stereocenters. The molecule has 2 aromatic rings. The third-order valence-electron chi connectivity index (χ3n) is 5.53. The first-order chi connectivity index (χ1) is 14.4. The number of nitrogens with zero attached hydrogens (tertiary/aromatic N) is 2. The molecule has 6 heteroatoms. The SMILES string of the molecule is CCOC(=O)N1CC(=Cc2ccccn2)C(=O)C(C)(C)C1Cc1ccc(OC)cc1. The summed E-state index contributed by atoms with van der Waals surface area (Å²) in [6.07, 6.45) is 3.57. The fourth-order valence-electron chi connectivity index (χ4n) is 3.82. The van der Waals surface area contributed by atoms with Crippen LogP contribution in [-0.2, 0) is 16.0 Å². The zero-order valence-electron chi connectivity index (χ0n) is 17.9. The number of methoxy groups -OCH3 is 1. The number of Topliss-reactive ketones (excluding diaryl/α,β-unsaturated/α-hetero) is 1. The standard InChI is InChI=1S/C24H28N2O4/c1-5-30-23(28)26-16-18(15-19-8-6-7-13-25-19)22(27)24(2,3)21(26)14-17-9-11-20(29-4)12-10-17/h6-13,15,21H,5,14,16H2,1-4H3. The molecule has 1 aliphatic rings. The van der Waals surface area contributed by atoms with E-state index in [1.54, 1.807) is 31.2 Å². The number of aromatic nitrogens is 1. The maximum atomic E-state index is 13.4. The van der Waals surface area contributed by atoms with Crippen LogP contribution in [0.3, 0.4) is 0 Å². The number of amides is 1. The topological polar surface area (TPSA) is 68.7 Å². The Labute approximate surface area is 177 Å². The highest BCUT2D eigenvalue weighted by molar-refractivity contribution is 6.05. The Morgan fingerprint density at radius 1 is 1.23 bits per heavy atom. The van der Waals surface area contributed by atoms with Gasteiger partial charge in [0.1, 0.15) is 5.75 Å². The first-order valence-corrected chi connectivity index (χ1v) is 10.1. The Morgan fingerprint density at radius 3 is 2.57 bits per heavy atom. The summed E-state index contributed by atoms with van der Waals surface area (Å²) in [6.45, 7) is 6.03. The molecule has 3 rings (SSSR count). The van der Waals surface area contributed by atoms with Crippen LogP contribution >= 0.6 is 0 Å². The molecular formula is C24H28N2O4. The van der Waals surface area contributed by atoms with Crippen molar-refractivity contribution in [3.8, 4) is 5.75 Å². The maximum Gasteiger partial charge on any atom is 0.410 e. The van der Waals surface area contributed by atoms with Gasteiger partial charge in [-0.25, -0.2) is 4.79 Å². The lowest BCUT2D eigenvalue weighted by Crippen LogP contribution is -2.58. The van der Waals surface area contributed by atoms with Gasteiger partial charge >= 0.3 is 6.09 Å². The summed E-state index contributed by atoms with van der Waals surface area (Å²) in [5.74, 6) is 0.785. The van der Waals surface area contributed by atoms with E-state index in [0.29, 0.717) is 17.7 Å². The molecule has 0 bridgehead atoms. The lowest BCUT2D eigenvalue weighted by molar-refractivity contribution is -0.129. The van der Waals surface area contributed by atoms with Crippen LogP contribution in [0.5, 0.6) is 5.75 Å². The molecule has 158 valence electrons. The second kappa shape index (κ2) is 9.11. The normalized spacial score (nSPS) is 19.6. The van der Waals surface area contributed by atoms with Crippen LogP contribution in [0.25, 0.3) is 6.08 Å². The van der Waals surface area contributed by atoms with Gasteiger partial charge in [-0.1, -0.05) is 32.0 Å². The lowest BCUT2D eigenvalue weighted by atomic mass is 9.71. The monoisotopic (exact) mass is 408 g/mol. The largest absolute Gasteiger partial charge is 0.497 e. The second-order valence-corrected chi connectivity index (χ2v) is 7.87. The minimum Gasteiger partial charge on any atom is -0.497 e. The molecule has 0 saturated carbocycles. The summed E-state index contributed by atoms with van der Waals surface area (Å²) >= 11 is 0. The van der Waals surface area contributed by atoms with Gasteiger partial charge in [0.2, 0.25) is 0 Å². The van der Waals surface area contributed by atoms with Crippen LogP contribution in [0.1, 0.15) is 32.0 Å². The van der Waals surface area contributed by atoms with Crippen molar-refractivity contribution in [2.45, 2.75) is 33.2 Å². The average Bonchev–Trinajstić information content (AvgIpc) is 2.75. The van der Waals surface area contributed by atoms with E-state index in [0.717, 1.165) is 11.3 Å². The Morgan fingerprint density at radius 2 is 1.97 bits per heavy atom. The number of benzene rings is 1. The Hall–Kier alpha value is -3.15. The lowest BCUT2D eigenvalue weighted by Gasteiger charge is -2.45. The van der Waals surface area contributed by atoms with Crippen molar-refractivity contribution >= 4 is 18.0 Å². The van der Waals surface area contributed by atoms with E-state index in [1.165, 1.54) is 0 Å². The van der Waals surface area contributed by atoms with E-state index in [9.17, 15) is 9.59 Å². The van der Waals surface area contributed by atoms with Crippen molar-refractivity contribution < 1.29 is 19.1 Å². The molecule has 0 N–H and O–H groups in total. The third-order valence-corrected chi connectivity index (χ3v) is 5.53. The van der Waals surface area contributed by atoms with Crippen LogP contribution in [-0.4, -0.2) is 48.1 Å². The molecule has 1 aliphatic heterocycles. The molecule has 6 nitrogen and oxygen atoms in total. The second-order valence-electron chi connectivity index (χ2n) is 7.87. The Bertz CT molecular complexity index is 920. The van der Waals surface area contributed by atoms with E-state index >= 15 is 0 Å². The predicted octanol–water partition coefficient (Wildman–Crippen LogP) is 4.15. The first-order valence-electron chi connectivity index (χ1n) is 10.1. The van der Waals surface area contributed by atoms with Crippen LogP contribution in [0, 0.1) is 5.41 Å². The van der Waals surface area contributed by atoms with Crippen molar-refractivity contribution in [2.24, 2.45) is 5.41 Å². The van der Waals surface area contributed by atoms with E-state index < -0.39 is 11.5 Å². The zero-order valence-corrected chi connectivity index (χ0v) is 17.9. The van der Waals surface area contributed by atoms with Crippen molar-refractivity contribution in [1.82, 2.24) is 9.88 Å². The number of pyridine rings is 1. The highest BCUT2D eigenvalue weighted by atomic mass is 16.6. The summed E-state index contributed by atoms with van der Waals surface area (Å²) < 4.78 is 10.6. The quantitative estimate of drug-likeness (QED) is 0.695. The van der Waals surface area contributed by atoms with E-state index in [4.69, 9.17) is 9.47 Å². The number of carbonyl (C=O) groups is 2. The molecular weight excluding hydrogens is 380 g/mol. The summed E-state index contributed by atoms with van der Waals surface area (Å²) in [6, 6.07) is 12.9. The highest BCUT2D eigenvalue weighted by Crippen LogP contribution is 2.37. The van der Waals surface area contributed by atoms with Crippen molar-refractivity contribution in [1.29, 1.82) is 0 Å². The highest BCUT2D eigenvalue weighted by Gasteiger charge is 2.48. The van der Waals surface area contributed by atoms with Gasteiger partial charge in [-0.2, -0.15) is 0 Å². The van der Waals surface area contributed by atoms with Crippen LogP contribution in [0.4, 0.5) is 4.79 Å². The van der Waals surface area contributed by atoms with Crippen LogP contribution < -0.4 is 4.74 Å². The van der Waals surface area contributed by atoms with Crippen LogP contribution in [0.15, 0.2) is 54.2 Å². The summed E-state index contributed by atoms with van der Waals surface area (Å²) in [5, 5.41) is 0. The molecule has 1 unspecified atom stereocenters. The molecule has 1 aromatic heterocycles. The average molecular weight is 408 g/mol. The Kier molecular flexibility index (Phi) is 6.55.